The molecule has 192 valence electrons. The van der Waals surface area contributed by atoms with Crippen molar-refractivity contribution in [1.82, 2.24) is 0 Å². The maximum Gasteiger partial charge on any atom is 0.282 e. The highest BCUT2D eigenvalue weighted by molar-refractivity contribution is 14.1. The number of para-hydroxylation sites is 2. The fraction of sp³-hybridized carbons (Fsp3) is 0. The molecule has 4 aromatic rings. The number of rotatable bonds is 6. The van der Waals surface area contributed by atoms with Crippen LogP contribution in [-0.2, 0) is 0 Å². The zero-order valence-corrected chi connectivity index (χ0v) is 23.7. The highest BCUT2D eigenvalue weighted by Gasteiger charge is 2.20. The molecule has 10 nitrogen and oxygen atoms in total. The Labute approximate surface area is 244 Å². The van der Waals surface area contributed by atoms with Gasteiger partial charge in [0.1, 0.15) is 11.1 Å². The lowest BCUT2D eigenvalue weighted by Crippen LogP contribution is -2.13. The number of hydrogen-bond donors (Lipinski definition) is 2. The first-order valence-electron chi connectivity index (χ1n) is 10.8. The average molecular weight is 736 g/mol. The number of nitrogens with zero attached hydrogens (tertiary/aromatic N) is 2. The Morgan fingerprint density at radius 1 is 0.579 bits per heavy atom. The Balaban J connectivity index is 0.000000211. The lowest BCUT2D eigenvalue weighted by atomic mass is 10.1. The lowest BCUT2D eigenvalue weighted by Gasteiger charge is -2.06. The van der Waals surface area contributed by atoms with E-state index in [1.54, 1.807) is 48.5 Å². The van der Waals surface area contributed by atoms with Gasteiger partial charge in [-0.25, -0.2) is 0 Å². The molecule has 2 amide bonds. The molecule has 0 saturated heterocycles. The fourth-order valence-electron chi connectivity index (χ4n) is 3.18. The van der Waals surface area contributed by atoms with Crippen LogP contribution in [0.3, 0.4) is 0 Å². The molecule has 0 saturated carbocycles. The quantitative estimate of drug-likeness (QED) is 0.125. The standard InChI is InChI=1S/2C13H9IN2O3/c2*14-9-4-3-5-10(8-9)15-13(17)11-6-1-2-7-12(11)16(18)19/h2*1-8H,(H,15,17). The van der Waals surface area contributed by atoms with E-state index >= 15 is 0 Å². The molecule has 4 aromatic carbocycles. The molecule has 0 unspecified atom stereocenters. The normalized spacial score (nSPS) is 9.95. The first-order valence-corrected chi connectivity index (χ1v) is 12.9. The second-order valence-corrected chi connectivity index (χ2v) is 9.97. The summed E-state index contributed by atoms with van der Waals surface area (Å²) in [5, 5.41) is 27.0. The highest BCUT2D eigenvalue weighted by Crippen LogP contribution is 2.21. The van der Waals surface area contributed by atoms with Gasteiger partial charge in [-0.3, -0.25) is 29.8 Å². The van der Waals surface area contributed by atoms with Crippen LogP contribution < -0.4 is 10.6 Å². The van der Waals surface area contributed by atoms with Crippen LogP contribution in [0.2, 0.25) is 0 Å². The zero-order valence-electron chi connectivity index (χ0n) is 19.3. The van der Waals surface area contributed by atoms with Gasteiger partial charge in [-0.05, 0) is 93.7 Å². The van der Waals surface area contributed by atoms with Crippen molar-refractivity contribution < 1.29 is 19.4 Å². The van der Waals surface area contributed by atoms with Crippen LogP contribution in [0, 0.1) is 27.4 Å². The maximum absolute atomic E-state index is 12.0. The van der Waals surface area contributed by atoms with Crippen molar-refractivity contribution in [2.75, 3.05) is 10.6 Å². The van der Waals surface area contributed by atoms with Crippen LogP contribution >= 0.6 is 45.2 Å². The Bertz CT molecular complexity index is 1400. The van der Waals surface area contributed by atoms with Crippen LogP contribution in [0.4, 0.5) is 22.7 Å². The first-order chi connectivity index (χ1) is 18.2. The summed E-state index contributed by atoms with van der Waals surface area (Å²) >= 11 is 4.25. The van der Waals surface area contributed by atoms with Gasteiger partial charge in [0, 0.05) is 30.6 Å². The minimum absolute atomic E-state index is 0.0476. The van der Waals surface area contributed by atoms with Crippen molar-refractivity contribution in [3.05, 3.63) is 136 Å². The zero-order chi connectivity index (χ0) is 27.7. The lowest BCUT2D eigenvalue weighted by molar-refractivity contribution is -0.385. The molecular weight excluding hydrogens is 718 g/mol. The molecule has 0 spiro atoms. The summed E-state index contributed by atoms with van der Waals surface area (Å²) in [5.41, 5.74) is 0.902. The third kappa shape index (κ3) is 8.04. The van der Waals surface area contributed by atoms with E-state index in [0.717, 1.165) is 7.14 Å². The molecule has 0 aliphatic carbocycles. The van der Waals surface area contributed by atoms with Crippen LogP contribution in [0.5, 0.6) is 0 Å². The number of anilines is 2. The third-order valence-electron chi connectivity index (χ3n) is 4.86. The SMILES string of the molecule is O=C(Nc1cccc(I)c1)c1ccccc1[N+](=O)[O-].O=C(Nc1cccc(I)c1)c1ccccc1[N+](=O)[O-]. The van der Waals surface area contributed by atoms with Gasteiger partial charge in [0.15, 0.2) is 0 Å². The van der Waals surface area contributed by atoms with Crippen molar-refractivity contribution >= 4 is 79.7 Å². The van der Waals surface area contributed by atoms with Crippen molar-refractivity contribution in [2.45, 2.75) is 0 Å². The van der Waals surface area contributed by atoms with Crippen molar-refractivity contribution in [2.24, 2.45) is 0 Å². The number of benzene rings is 4. The Morgan fingerprint density at radius 2 is 0.947 bits per heavy atom. The Hall–Kier alpha value is -3.92. The highest BCUT2D eigenvalue weighted by atomic mass is 127. The van der Waals surface area contributed by atoms with E-state index in [1.807, 2.05) is 12.1 Å². The van der Waals surface area contributed by atoms with Gasteiger partial charge in [-0.1, -0.05) is 36.4 Å². The van der Waals surface area contributed by atoms with E-state index in [4.69, 9.17) is 0 Å². The van der Waals surface area contributed by atoms with Gasteiger partial charge in [-0.15, -0.1) is 0 Å². The number of carbonyl (C=O) groups excluding carboxylic acids is 2. The number of halogens is 2. The Morgan fingerprint density at radius 3 is 1.29 bits per heavy atom. The van der Waals surface area contributed by atoms with Crippen molar-refractivity contribution in [1.29, 1.82) is 0 Å². The molecule has 0 aromatic heterocycles. The number of amides is 2. The average Bonchev–Trinajstić information content (AvgIpc) is 2.89. The molecule has 0 fully saturated rings. The first kappa shape index (κ1) is 28.6. The minimum Gasteiger partial charge on any atom is -0.322 e. The summed E-state index contributed by atoms with van der Waals surface area (Å²) in [5.74, 6) is -0.983. The van der Waals surface area contributed by atoms with Gasteiger partial charge in [0.2, 0.25) is 0 Å². The summed E-state index contributed by atoms with van der Waals surface area (Å²) < 4.78 is 1.94. The third-order valence-corrected chi connectivity index (χ3v) is 6.20. The molecule has 4 rings (SSSR count). The number of nitrogens with one attached hydrogen (secondary N) is 2. The van der Waals surface area contributed by atoms with E-state index in [-0.39, 0.29) is 22.5 Å². The van der Waals surface area contributed by atoms with E-state index in [0.29, 0.717) is 11.4 Å². The summed E-state index contributed by atoms with van der Waals surface area (Å²) in [6.07, 6.45) is 0. The molecule has 0 radical (unpaired) electrons. The van der Waals surface area contributed by atoms with Crippen molar-refractivity contribution in [3.63, 3.8) is 0 Å². The van der Waals surface area contributed by atoms with Gasteiger partial charge in [0.25, 0.3) is 23.2 Å². The second-order valence-electron chi connectivity index (χ2n) is 7.48. The van der Waals surface area contributed by atoms with Gasteiger partial charge >= 0.3 is 0 Å². The summed E-state index contributed by atoms with van der Waals surface area (Å²) in [6, 6.07) is 26.1. The molecule has 0 aliphatic heterocycles. The van der Waals surface area contributed by atoms with Crippen LogP contribution in [0.1, 0.15) is 20.7 Å². The van der Waals surface area contributed by atoms with E-state index in [9.17, 15) is 29.8 Å². The largest absolute Gasteiger partial charge is 0.322 e. The van der Waals surface area contributed by atoms with Crippen LogP contribution in [-0.4, -0.2) is 21.7 Å². The molecule has 0 bridgehead atoms. The predicted octanol–water partition coefficient (Wildman–Crippen LogP) is 6.90. The molecule has 2 N–H and O–H groups in total. The van der Waals surface area contributed by atoms with E-state index < -0.39 is 21.7 Å². The molecule has 12 heteroatoms. The number of nitro benzene ring substituents is 2. The van der Waals surface area contributed by atoms with Crippen LogP contribution in [0.15, 0.2) is 97.1 Å². The summed E-state index contributed by atoms with van der Waals surface area (Å²) in [4.78, 5) is 44.6. The van der Waals surface area contributed by atoms with E-state index in [2.05, 4.69) is 55.8 Å². The molecule has 0 heterocycles. The summed E-state index contributed by atoms with van der Waals surface area (Å²) in [6.45, 7) is 0. The topological polar surface area (TPSA) is 144 Å². The second kappa shape index (κ2) is 13.6. The predicted molar refractivity (Wildman–Crippen MR) is 160 cm³/mol. The van der Waals surface area contributed by atoms with Gasteiger partial charge in [0.05, 0.1) is 9.85 Å². The Kier molecular flexibility index (Phi) is 10.2. The van der Waals surface area contributed by atoms with Gasteiger partial charge in [-0.2, -0.15) is 0 Å². The number of nitro groups is 2. The molecule has 38 heavy (non-hydrogen) atoms. The smallest absolute Gasteiger partial charge is 0.282 e. The molecular formula is C26H18I2N4O6. The number of carbonyl (C=O) groups is 2. The monoisotopic (exact) mass is 736 g/mol. The molecule has 0 atom stereocenters. The molecule has 0 aliphatic rings. The minimum atomic E-state index is -0.566. The van der Waals surface area contributed by atoms with Crippen LogP contribution in [0.25, 0.3) is 0 Å². The van der Waals surface area contributed by atoms with E-state index in [1.165, 1.54) is 36.4 Å². The maximum atomic E-state index is 12.0. The van der Waals surface area contributed by atoms with Gasteiger partial charge < -0.3 is 10.6 Å². The summed E-state index contributed by atoms with van der Waals surface area (Å²) in [7, 11) is 0. The number of hydrogen-bond acceptors (Lipinski definition) is 6. The van der Waals surface area contributed by atoms with Crippen molar-refractivity contribution in [3.8, 4) is 0 Å². The fourth-order valence-corrected chi connectivity index (χ4v) is 4.27.